The molecule has 0 saturated carbocycles. The Balaban J connectivity index is 0.00000280. The molecule has 0 aromatic carbocycles. The number of halogens is 1. The molecule has 28 heavy (non-hydrogen) atoms. The molecule has 3 heterocycles. The Kier molecular flexibility index (Phi) is 10.3. The topological polar surface area (TPSA) is 55.8 Å². The zero-order valence-electron chi connectivity index (χ0n) is 17.5. The highest BCUT2D eigenvalue weighted by atomic mass is 127. The second-order valence-corrected chi connectivity index (χ2v) is 7.67. The highest BCUT2D eigenvalue weighted by Gasteiger charge is 2.19. The number of aliphatic imine (C=N–C) groups is 1. The van der Waals surface area contributed by atoms with Crippen molar-refractivity contribution in [2.24, 2.45) is 4.99 Å². The van der Waals surface area contributed by atoms with E-state index in [1.807, 2.05) is 6.20 Å². The molecule has 1 aromatic heterocycles. The molecule has 2 fully saturated rings. The number of piperidine rings is 1. The zero-order chi connectivity index (χ0) is 18.9. The first-order chi connectivity index (χ1) is 13.3. The Bertz CT molecular complexity index is 577. The number of nitrogens with zero attached hydrogens (tertiary/aromatic N) is 4. The average Bonchev–Trinajstić information content (AvgIpc) is 3.23. The van der Waals surface area contributed by atoms with E-state index in [1.54, 1.807) is 0 Å². The summed E-state index contributed by atoms with van der Waals surface area (Å²) in [4.78, 5) is 14.4. The summed E-state index contributed by atoms with van der Waals surface area (Å²) in [5, 5.41) is 7.02. The number of hydrogen-bond donors (Lipinski definition) is 2. The fourth-order valence-electron chi connectivity index (χ4n) is 3.94. The van der Waals surface area contributed by atoms with Crippen LogP contribution < -0.4 is 15.5 Å². The fourth-order valence-corrected chi connectivity index (χ4v) is 3.94. The van der Waals surface area contributed by atoms with Gasteiger partial charge in [-0.3, -0.25) is 0 Å². The maximum absolute atomic E-state index is 4.79. The third kappa shape index (κ3) is 7.06. The van der Waals surface area contributed by atoms with Gasteiger partial charge in [-0.1, -0.05) is 13.0 Å². The van der Waals surface area contributed by atoms with Gasteiger partial charge < -0.3 is 20.4 Å². The van der Waals surface area contributed by atoms with E-state index < -0.39 is 0 Å². The van der Waals surface area contributed by atoms with Crippen LogP contribution in [-0.2, 0) is 6.54 Å². The van der Waals surface area contributed by atoms with Crippen molar-refractivity contribution in [3.8, 4) is 0 Å². The molecular formula is C21H37IN6. The third-order valence-electron chi connectivity index (χ3n) is 5.47. The molecule has 7 heteroatoms. The van der Waals surface area contributed by atoms with Crippen LogP contribution in [0.15, 0.2) is 23.3 Å². The molecule has 3 rings (SSSR count). The molecular weight excluding hydrogens is 463 g/mol. The van der Waals surface area contributed by atoms with Gasteiger partial charge in [-0.2, -0.15) is 0 Å². The lowest BCUT2D eigenvalue weighted by Crippen LogP contribution is -2.48. The van der Waals surface area contributed by atoms with E-state index in [2.05, 4.69) is 51.4 Å². The van der Waals surface area contributed by atoms with Crippen molar-refractivity contribution in [3.05, 3.63) is 23.9 Å². The molecule has 0 aliphatic carbocycles. The number of pyridine rings is 1. The standard InChI is InChI=1S/C21H36N6.HI/c1-3-11-26-14-9-19(10-15-26)25-21(22-4-2)24-17-18-7-8-20(23-16-18)27-12-5-6-13-27;/h7-8,16,19H,3-6,9-15,17H2,1-2H3,(H2,22,24,25);1H. The molecule has 0 spiro atoms. The zero-order valence-corrected chi connectivity index (χ0v) is 19.8. The molecule has 2 aliphatic heterocycles. The summed E-state index contributed by atoms with van der Waals surface area (Å²) in [7, 11) is 0. The third-order valence-corrected chi connectivity index (χ3v) is 5.47. The number of anilines is 1. The van der Waals surface area contributed by atoms with Crippen LogP contribution in [0, 0.1) is 0 Å². The lowest BCUT2D eigenvalue weighted by Gasteiger charge is -2.32. The number of hydrogen-bond acceptors (Lipinski definition) is 4. The van der Waals surface area contributed by atoms with Crippen LogP contribution >= 0.6 is 24.0 Å². The van der Waals surface area contributed by atoms with Gasteiger partial charge in [-0.15, -0.1) is 24.0 Å². The number of rotatable bonds is 7. The van der Waals surface area contributed by atoms with E-state index in [0.29, 0.717) is 12.6 Å². The van der Waals surface area contributed by atoms with Crippen LogP contribution in [0.2, 0.25) is 0 Å². The lowest BCUT2D eigenvalue weighted by molar-refractivity contribution is 0.206. The van der Waals surface area contributed by atoms with Crippen LogP contribution in [0.5, 0.6) is 0 Å². The van der Waals surface area contributed by atoms with Gasteiger partial charge >= 0.3 is 0 Å². The van der Waals surface area contributed by atoms with E-state index >= 15 is 0 Å². The normalized spacial score (nSPS) is 18.8. The minimum atomic E-state index is 0. The minimum Gasteiger partial charge on any atom is -0.357 e. The van der Waals surface area contributed by atoms with Crippen LogP contribution in [0.3, 0.4) is 0 Å². The SMILES string of the molecule is CCCN1CCC(NC(=NCc2ccc(N3CCCC3)nc2)NCC)CC1.I. The van der Waals surface area contributed by atoms with Crippen molar-refractivity contribution in [1.82, 2.24) is 20.5 Å². The molecule has 6 nitrogen and oxygen atoms in total. The van der Waals surface area contributed by atoms with Crippen molar-refractivity contribution in [1.29, 1.82) is 0 Å². The predicted molar refractivity (Wildman–Crippen MR) is 129 cm³/mol. The Morgan fingerprint density at radius 2 is 1.89 bits per heavy atom. The highest BCUT2D eigenvalue weighted by Crippen LogP contribution is 2.17. The van der Waals surface area contributed by atoms with E-state index in [4.69, 9.17) is 4.99 Å². The van der Waals surface area contributed by atoms with Gasteiger partial charge in [0.05, 0.1) is 6.54 Å². The van der Waals surface area contributed by atoms with Crippen molar-refractivity contribution < 1.29 is 0 Å². The Hall–Kier alpha value is -1.09. The van der Waals surface area contributed by atoms with Crippen molar-refractivity contribution >= 4 is 35.8 Å². The molecule has 0 unspecified atom stereocenters. The van der Waals surface area contributed by atoms with Crippen LogP contribution in [0.4, 0.5) is 5.82 Å². The summed E-state index contributed by atoms with van der Waals surface area (Å²) in [6.45, 7) is 11.8. The Labute approximate surface area is 187 Å². The van der Waals surface area contributed by atoms with Crippen molar-refractivity contribution in [3.63, 3.8) is 0 Å². The number of likely N-dealkylation sites (tertiary alicyclic amines) is 1. The van der Waals surface area contributed by atoms with Gasteiger partial charge in [-0.25, -0.2) is 9.98 Å². The molecule has 0 atom stereocenters. The first-order valence-corrected chi connectivity index (χ1v) is 10.8. The molecule has 2 saturated heterocycles. The van der Waals surface area contributed by atoms with Crippen LogP contribution in [0.25, 0.3) is 0 Å². The molecule has 2 aliphatic rings. The largest absolute Gasteiger partial charge is 0.357 e. The maximum Gasteiger partial charge on any atom is 0.191 e. The quantitative estimate of drug-likeness (QED) is 0.342. The summed E-state index contributed by atoms with van der Waals surface area (Å²) in [5.74, 6) is 2.03. The van der Waals surface area contributed by atoms with Gasteiger partial charge in [0.15, 0.2) is 5.96 Å². The van der Waals surface area contributed by atoms with Gasteiger partial charge in [0, 0.05) is 45.0 Å². The maximum atomic E-state index is 4.79. The van der Waals surface area contributed by atoms with Gasteiger partial charge in [-0.05, 0) is 57.2 Å². The first-order valence-electron chi connectivity index (χ1n) is 10.8. The Morgan fingerprint density at radius 3 is 2.50 bits per heavy atom. The lowest BCUT2D eigenvalue weighted by atomic mass is 10.1. The van der Waals surface area contributed by atoms with Crippen LogP contribution in [0.1, 0.15) is 51.5 Å². The van der Waals surface area contributed by atoms with Gasteiger partial charge in [0.25, 0.3) is 0 Å². The number of aromatic nitrogens is 1. The van der Waals surface area contributed by atoms with E-state index in [1.165, 1.54) is 51.7 Å². The van der Waals surface area contributed by atoms with Crippen molar-refractivity contribution in [2.75, 3.05) is 44.2 Å². The molecule has 1 aromatic rings. The highest BCUT2D eigenvalue weighted by molar-refractivity contribution is 14.0. The summed E-state index contributed by atoms with van der Waals surface area (Å²) >= 11 is 0. The summed E-state index contributed by atoms with van der Waals surface area (Å²) in [6, 6.07) is 4.82. The van der Waals surface area contributed by atoms with Crippen molar-refractivity contribution in [2.45, 2.75) is 58.5 Å². The molecule has 158 valence electrons. The smallest absolute Gasteiger partial charge is 0.191 e. The summed E-state index contributed by atoms with van der Waals surface area (Å²) in [6.07, 6.45) is 8.16. The molecule has 2 N–H and O–H groups in total. The second kappa shape index (κ2) is 12.5. The number of guanidine groups is 1. The van der Waals surface area contributed by atoms with Crippen LogP contribution in [-0.4, -0.2) is 61.2 Å². The fraction of sp³-hybridized carbons (Fsp3) is 0.714. The second-order valence-electron chi connectivity index (χ2n) is 7.67. The average molecular weight is 500 g/mol. The Morgan fingerprint density at radius 1 is 1.14 bits per heavy atom. The summed E-state index contributed by atoms with van der Waals surface area (Å²) in [5.41, 5.74) is 1.16. The predicted octanol–water partition coefficient (Wildman–Crippen LogP) is 3.23. The molecule has 0 bridgehead atoms. The first kappa shape index (κ1) is 23.2. The van der Waals surface area contributed by atoms with E-state index in [-0.39, 0.29) is 24.0 Å². The van der Waals surface area contributed by atoms with E-state index in [0.717, 1.165) is 37.0 Å². The minimum absolute atomic E-state index is 0. The van der Waals surface area contributed by atoms with Gasteiger partial charge in [0.1, 0.15) is 5.82 Å². The number of nitrogens with one attached hydrogen (secondary N) is 2. The molecule has 0 amide bonds. The monoisotopic (exact) mass is 500 g/mol. The van der Waals surface area contributed by atoms with Gasteiger partial charge in [0.2, 0.25) is 0 Å². The van der Waals surface area contributed by atoms with E-state index in [9.17, 15) is 0 Å². The summed E-state index contributed by atoms with van der Waals surface area (Å²) < 4.78 is 0. The molecule has 0 radical (unpaired) electrons.